The third-order valence-corrected chi connectivity index (χ3v) is 2.34. The third kappa shape index (κ3) is 4.53. The van der Waals surface area contributed by atoms with E-state index in [2.05, 4.69) is 10.4 Å². The zero-order chi connectivity index (χ0) is 15.3. The smallest absolute Gasteiger partial charge is 0.347 e. The molecular weight excluding hydrogens is 279 g/mol. The first kappa shape index (κ1) is 16.0. The molecule has 0 fully saturated rings. The lowest BCUT2D eigenvalue weighted by Gasteiger charge is -2.24. The Hall–Kier alpha value is -2.10. The number of halogens is 3. The van der Waals surface area contributed by atoms with Crippen molar-refractivity contribution in [3.05, 3.63) is 22.2 Å². The quantitative estimate of drug-likeness (QED) is 0.473. The van der Waals surface area contributed by atoms with Crippen molar-refractivity contribution < 1.29 is 18.1 Å². The fraction of sp³-hybridized carbons (Fsp3) is 0.500. The lowest BCUT2D eigenvalue weighted by atomic mass is 10.3. The predicted molar refractivity (Wildman–Crippen MR) is 67.3 cm³/mol. The van der Waals surface area contributed by atoms with Crippen molar-refractivity contribution in [2.24, 2.45) is 5.84 Å². The molecule has 0 aromatic carbocycles. The molecule has 0 aliphatic rings. The average molecular weight is 293 g/mol. The van der Waals surface area contributed by atoms with Gasteiger partial charge >= 0.3 is 6.18 Å². The second-order valence-corrected chi connectivity index (χ2v) is 4.01. The number of nitrogens with two attached hydrogens (primary N) is 1. The van der Waals surface area contributed by atoms with Crippen molar-refractivity contribution >= 4 is 17.3 Å². The van der Waals surface area contributed by atoms with Gasteiger partial charge in [0.15, 0.2) is 0 Å². The van der Waals surface area contributed by atoms with Gasteiger partial charge in [-0.15, -0.1) is 0 Å². The van der Waals surface area contributed by atoms with E-state index in [-0.39, 0.29) is 23.9 Å². The van der Waals surface area contributed by atoms with Crippen LogP contribution in [0.3, 0.4) is 0 Å². The molecule has 112 valence electrons. The molecule has 1 aromatic rings. The van der Waals surface area contributed by atoms with Crippen LogP contribution in [0, 0.1) is 10.1 Å². The second kappa shape index (κ2) is 6.37. The molecule has 0 aliphatic heterocycles. The van der Waals surface area contributed by atoms with Crippen LogP contribution in [-0.4, -0.2) is 29.2 Å². The number of rotatable bonds is 6. The van der Waals surface area contributed by atoms with E-state index in [0.717, 1.165) is 17.0 Å². The molecule has 1 rings (SSSR count). The number of nitrogens with one attached hydrogen (secondary N) is 1. The van der Waals surface area contributed by atoms with E-state index in [0.29, 0.717) is 6.42 Å². The van der Waals surface area contributed by atoms with Crippen LogP contribution in [-0.2, 0) is 0 Å². The van der Waals surface area contributed by atoms with Crippen molar-refractivity contribution in [3.8, 4) is 0 Å². The highest BCUT2D eigenvalue weighted by molar-refractivity contribution is 5.55. The molecular formula is C10H14F3N5O2. The lowest BCUT2D eigenvalue weighted by Crippen LogP contribution is -2.35. The average Bonchev–Trinajstić information content (AvgIpc) is 2.36. The van der Waals surface area contributed by atoms with Crippen molar-refractivity contribution in [2.45, 2.75) is 19.5 Å². The van der Waals surface area contributed by atoms with Gasteiger partial charge in [0.05, 0.1) is 17.1 Å². The largest absolute Gasteiger partial charge is 0.405 e. The number of nitro groups is 1. The van der Waals surface area contributed by atoms with Gasteiger partial charge in [0.25, 0.3) is 5.69 Å². The Morgan fingerprint density at radius 2 is 2.15 bits per heavy atom. The zero-order valence-corrected chi connectivity index (χ0v) is 10.6. The summed E-state index contributed by atoms with van der Waals surface area (Å²) in [4.78, 5) is 14.8. The van der Waals surface area contributed by atoms with E-state index in [4.69, 9.17) is 5.84 Å². The summed E-state index contributed by atoms with van der Waals surface area (Å²) in [6, 6.07) is 2.03. The monoisotopic (exact) mass is 293 g/mol. The fourth-order valence-corrected chi connectivity index (χ4v) is 1.60. The molecule has 0 bridgehead atoms. The minimum absolute atomic E-state index is 0.0672. The van der Waals surface area contributed by atoms with E-state index in [1.54, 1.807) is 6.92 Å². The predicted octanol–water partition coefficient (Wildman–Crippen LogP) is 2.05. The van der Waals surface area contributed by atoms with Gasteiger partial charge in [0.2, 0.25) is 0 Å². The van der Waals surface area contributed by atoms with Crippen LogP contribution in [0.5, 0.6) is 0 Å². The molecule has 10 heteroatoms. The number of hydrogen-bond acceptors (Lipinski definition) is 6. The molecule has 20 heavy (non-hydrogen) atoms. The third-order valence-electron chi connectivity index (χ3n) is 2.34. The molecule has 0 unspecified atom stereocenters. The second-order valence-electron chi connectivity index (χ2n) is 4.01. The highest BCUT2D eigenvalue weighted by atomic mass is 19.4. The van der Waals surface area contributed by atoms with Crippen molar-refractivity contribution in [3.63, 3.8) is 0 Å². The summed E-state index contributed by atoms with van der Waals surface area (Å²) >= 11 is 0. The Balaban J connectivity index is 3.17. The molecule has 3 N–H and O–H groups in total. The molecule has 7 nitrogen and oxygen atoms in total. The molecule has 0 saturated heterocycles. The molecule has 0 atom stereocenters. The number of anilines is 2. The van der Waals surface area contributed by atoms with Gasteiger partial charge in [0.1, 0.15) is 18.2 Å². The minimum atomic E-state index is -4.43. The van der Waals surface area contributed by atoms with Crippen LogP contribution in [0.15, 0.2) is 12.1 Å². The maximum Gasteiger partial charge on any atom is 0.405 e. The summed E-state index contributed by atoms with van der Waals surface area (Å²) in [6.45, 7) is 0.527. The summed E-state index contributed by atoms with van der Waals surface area (Å²) in [5.74, 6) is 4.89. The lowest BCUT2D eigenvalue weighted by molar-refractivity contribution is -0.384. The maximum absolute atomic E-state index is 12.5. The molecule has 0 amide bonds. The fourth-order valence-electron chi connectivity index (χ4n) is 1.60. The molecule has 0 aliphatic carbocycles. The number of pyridine rings is 1. The summed E-state index contributed by atoms with van der Waals surface area (Å²) in [7, 11) is 0. The first-order chi connectivity index (χ1) is 9.26. The SMILES string of the molecule is CCCN(CC(F)(F)F)c1cc([N+](=O)[O-])cc(NN)n1. The van der Waals surface area contributed by atoms with E-state index < -0.39 is 17.6 Å². The molecule has 1 heterocycles. The minimum Gasteiger partial charge on any atom is -0.347 e. The van der Waals surface area contributed by atoms with Crippen LogP contribution in [0.25, 0.3) is 0 Å². The van der Waals surface area contributed by atoms with Gasteiger partial charge in [-0.1, -0.05) is 6.92 Å². The number of aromatic nitrogens is 1. The molecule has 0 radical (unpaired) electrons. The van der Waals surface area contributed by atoms with Crippen LogP contribution < -0.4 is 16.2 Å². The van der Waals surface area contributed by atoms with E-state index in [1.165, 1.54) is 0 Å². The van der Waals surface area contributed by atoms with Gasteiger partial charge in [-0.3, -0.25) is 10.1 Å². The van der Waals surface area contributed by atoms with Crippen molar-refractivity contribution in [1.29, 1.82) is 0 Å². The van der Waals surface area contributed by atoms with Gasteiger partial charge in [-0.05, 0) is 6.42 Å². The van der Waals surface area contributed by atoms with E-state index >= 15 is 0 Å². The number of alkyl halides is 3. The Morgan fingerprint density at radius 1 is 1.50 bits per heavy atom. The highest BCUT2D eigenvalue weighted by Gasteiger charge is 2.31. The number of hydrogen-bond donors (Lipinski definition) is 2. The topological polar surface area (TPSA) is 97.3 Å². The van der Waals surface area contributed by atoms with Gasteiger partial charge < -0.3 is 10.3 Å². The standard InChI is InChI=1S/C10H14F3N5O2/c1-2-3-17(6-10(11,12)13)9-5-7(18(19)20)4-8(15-9)16-14/h4-5H,2-3,6,14H2,1H3,(H,15,16). The molecule has 1 aromatic heterocycles. The van der Waals surface area contributed by atoms with Gasteiger partial charge in [-0.25, -0.2) is 10.8 Å². The van der Waals surface area contributed by atoms with Crippen LogP contribution in [0.2, 0.25) is 0 Å². The van der Waals surface area contributed by atoms with Crippen LogP contribution in [0.4, 0.5) is 30.5 Å². The van der Waals surface area contributed by atoms with Crippen molar-refractivity contribution in [1.82, 2.24) is 4.98 Å². The normalized spacial score (nSPS) is 11.2. The van der Waals surface area contributed by atoms with Crippen LogP contribution >= 0.6 is 0 Å². The van der Waals surface area contributed by atoms with E-state index in [9.17, 15) is 23.3 Å². The number of hydrazine groups is 1. The Bertz CT molecular complexity index is 480. The van der Waals surface area contributed by atoms with Gasteiger partial charge in [-0.2, -0.15) is 13.2 Å². The van der Waals surface area contributed by atoms with Gasteiger partial charge in [0, 0.05) is 6.54 Å². The van der Waals surface area contributed by atoms with E-state index in [1.807, 2.05) is 0 Å². The summed E-state index contributed by atoms with van der Waals surface area (Å²) in [5, 5.41) is 10.8. The molecule has 0 spiro atoms. The highest BCUT2D eigenvalue weighted by Crippen LogP contribution is 2.26. The Morgan fingerprint density at radius 3 is 2.60 bits per heavy atom. The molecule has 0 saturated carbocycles. The van der Waals surface area contributed by atoms with Crippen molar-refractivity contribution in [2.75, 3.05) is 23.4 Å². The summed E-state index contributed by atoms with van der Waals surface area (Å²) in [6.07, 6.45) is -4.00. The Labute approximate surface area is 112 Å². The maximum atomic E-state index is 12.5. The first-order valence-electron chi connectivity index (χ1n) is 5.71. The Kier molecular flexibility index (Phi) is 5.08. The first-order valence-corrected chi connectivity index (χ1v) is 5.71. The number of nitrogens with zero attached hydrogens (tertiary/aromatic N) is 3. The zero-order valence-electron chi connectivity index (χ0n) is 10.6. The number of nitrogen functional groups attached to an aromatic ring is 1. The summed E-state index contributed by atoms with van der Waals surface area (Å²) < 4.78 is 37.5. The van der Waals surface area contributed by atoms with Crippen LogP contribution in [0.1, 0.15) is 13.3 Å². The summed E-state index contributed by atoms with van der Waals surface area (Å²) in [5.41, 5.74) is 1.72.